The van der Waals surface area contributed by atoms with Crippen molar-refractivity contribution in [2.75, 3.05) is 11.9 Å². The monoisotopic (exact) mass is 357 g/mol. The molecule has 0 spiro atoms. The van der Waals surface area contributed by atoms with E-state index in [0.717, 1.165) is 0 Å². The number of carbonyl (C=O) groups excluding carboxylic acids is 1. The highest BCUT2D eigenvalue weighted by atomic mass is 16.5. The third kappa shape index (κ3) is 6.12. The minimum atomic E-state index is -0.839. The lowest BCUT2D eigenvalue weighted by Gasteiger charge is -2.14. The average Bonchev–Trinajstić information content (AvgIpc) is 2.60. The van der Waals surface area contributed by atoms with Crippen molar-refractivity contribution in [3.63, 3.8) is 0 Å². The number of aliphatic carboxylic acids is 1. The van der Waals surface area contributed by atoms with Gasteiger partial charge < -0.3 is 19.9 Å². The third-order valence-electron chi connectivity index (χ3n) is 3.41. The van der Waals surface area contributed by atoms with E-state index < -0.39 is 5.97 Å². The Morgan fingerprint density at radius 3 is 2.42 bits per heavy atom. The molecule has 0 aliphatic carbocycles. The molecule has 2 aromatic rings. The number of benzene rings is 2. The quantitative estimate of drug-likeness (QED) is 0.663. The molecule has 26 heavy (non-hydrogen) atoms. The number of hydrogen-bond acceptors (Lipinski definition) is 4. The van der Waals surface area contributed by atoms with Crippen LogP contribution in [0.25, 0.3) is 0 Å². The van der Waals surface area contributed by atoms with Gasteiger partial charge in [-0.3, -0.25) is 9.59 Å². The van der Waals surface area contributed by atoms with Crippen LogP contribution < -0.4 is 14.8 Å². The summed E-state index contributed by atoms with van der Waals surface area (Å²) in [6.45, 7) is 4.14. The number of nitrogens with one attached hydrogen (secondary N) is 1. The van der Waals surface area contributed by atoms with Crippen LogP contribution in [0.5, 0.6) is 11.5 Å². The second-order valence-electron chi connectivity index (χ2n) is 5.99. The van der Waals surface area contributed by atoms with Crippen molar-refractivity contribution in [1.82, 2.24) is 0 Å². The number of carboxylic acid groups (broad SMARTS) is 1. The van der Waals surface area contributed by atoms with Crippen LogP contribution in [0.2, 0.25) is 0 Å². The molecule has 0 bridgehead atoms. The zero-order chi connectivity index (χ0) is 18.9. The maximum Gasteiger partial charge on any atom is 0.303 e. The minimum absolute atomic E-state index is 0.0264. The van der Waals surface area contributed by atoms with Crippen molar-refractivity contribution in [1.29, 1.82) is 0 Å². The van der Waals surface area contributed by atoms with E-state index in [4.69, 9.17) is 14.6 Å². The van der Waals surface area contributed by atoms with Crippen molar-refractivity contribution in [2.24, 2.45) is 0 Å². The SMILES string of the molecule is CC(C)Oc1ccccc1C(=O)Nc1ccc(OCCCC(=O)O)cc1. The van der Waals surface area contributed by atoms with Crippen molar-refractivity contribution < 1.29 is 24.2 Å². The molecule has 1 amide bonds. The molecule has 2 aromatic carbocycles. The van der Waals surface area contributed by atoms with Gasteiger partial charge in [-0.15, -0.1) is 0 Å². The molecule has 0 heterocycles. The fourth-order valence-corrected chi connectivity index (χ4v) is 2.26. The van der Waals surface area contributed by atoms with Crippen LogP contribution in [0.15, 0.2) is 48.5 Å². The number of ether oxygens (including phenoxy) is 2. The van der Waals surface area contributed by atoms with Crippen LogP contribution >= 0.6 is 0 Å². The summed E-state index contributed by atoms with van der Waals surface area (Å²) in [5.74, 6) is 0.0695. The number of para-hydroxylation sites is 1. The Bertz CT molecular complexity index is 740. The molecular formula is C20H23NO5. The summed E-state index contributed by atoms with van der Waals surface area (Å²) in [6, 6.07) is 14.0. The number of carbonyl (C=O) groups is 2. The second-order valence-corrected chi connectivity index (χ2v) is 5.99. The van der Waals surface area contributed by atoms with Gasteiger partial charge in [-0.2, -0.15) is 0 Å². The van der Waals surface area contributed by atoms with E-state index in [1.54, 1.807) is 42.5 Å². The molecule has 0 atom stereocenters. The van der Waals surface area contributed by atoms with Crippen LogP contribution in [0, 0.1) is 0 Å². The summed E-state index contributed by atoms with van der Waals surface area (Å²) in [7, 11) is 0. The summed E-state index contributed by atoms with van der Waals surface area (Å²) < 4.78 is 11.1. The average molecular weight is 357 g/mol. The van der Waals surface area contributed by atoms with Gasteiger partial charge in [-0.05, 0) is 56.7 Å². The normalized spacial score (nSPS) is 10.4. The van der Waals surface area contributed by atoms with E-state index in [-0.39, 0.29) is 18.4 Å². The lowest BCUT2D eigenvalue weighted by atomic mass is 10.1. The first-order valence-corrected chi connectivity index (χ1v) is 8.47. The smallest absolute Gasteiger partial charge is 0.303 e. The fourth-order valence-electron chi connectivity index (χ4n) is 2.26. The zero-order valence-corrected chi connectivity index (χ0v) is 14.9. The second kappa shape index (κ2) is 9.46. The van der Waals surface area contributed by atoms with E-state index in [1.807, 2.05) is 19.9 Å². The van der Waals surface area contributed by atoms with Crippen LogP contribution in [0.4, 0.5) is 5.69 Å². The summed E-state index contributed by atoms with van der Waals surface area (Å²) >= 11 is 0. The van der Waals surface area contributed by atoms with Gasteiger partial charge in [-0.1, -0.05) is 12.1 Å². The number of carboxylic acids is 1. The molecule has 0 unspecified atom stereocenters. The fraction of sp³-hybridized carbons (Fsp3) is 0.300. The van der Waals surface area contributed by atoms with Gasteiger partial charge in [0, 0.05) is 12.1 Å². The predicted octanol–water partition coefficient (Wildman–Crippen LogP) is 3.97. The summed E-state index contributed by atoms with van der Waals surface area (Å²) in [4.78, 5) is 23.0. The van der Waals surface area contributed by atoms with Crippen LogP contribution in [0.1, 0.15) is 37.0 Å². The molecule has 0 fully saturated rings. The summed E-state index contributed by atoms with van der Waals surface area (Å²) in [5, 5.41) is 11.4. The maximum absolute atomic E-state index is 12.5. The molecule has 0 aromatic heterocycles. The van der Waals surface area contributed by atoms with Gasteiger partial charge in [0.15, 0.2) is 0 Å². The molecule has 0 saturated heterocycles. The molecule has 6 nitrogen and oxygen atoms in total. The minimum Gasteiger partial charge on any atom is -0.494 e. The van der Waals surface area contributed by atoms with E-state index in [9.17, 15) is 9.59 Å². The highest BCUT2D eigenvalue weighted by Gasteiger charge is 2.13. The largest absolute Gasteiger partial charge is 0.494 e. The highest BCUT2D eigenvalue weighted by Crippen LogP contribution is 2.22. The summed E-state index contributed by atoms with van der Waals surface area (Å²) in [5.41, 5.74) is 1.10. The van der Waals surface area contributed by atoms with Crippen molar-refractivity contribution in [3.8, 4) is 11.5 Å². The maximum atomic E-state index is 12.5. The van der Waals surface area contributed by atoms with Crippen LogP contribution in [-0.4, -0.2) is 29.7 Å². The number of rotatable bonds is 9. The molecule has 0 saturated carbocycles. The predicted molar refractivity (Wildman–Crippen MR) is 99.0 cm³/mol. The first-order valence-electron chi connectivity index (χ1n) is 8.47. The number of anilines is 1. The Morgan fingerprint density at radius 2 is 1.77 bits per heavy atom. The van der Waals surface area contributed by atoms with Crippen LogP contribution in [-0.2, 0) is 4.79 Å². The molecule has 0 aliphatic heterocycles. The van der Waals surface area contributed by atoms with Crippen LogP contribution in [0.3, 0.4) is 0 Å². The molecule has 2 rings (SSSR count). The van der Waals surface area contributed by atoms with Gasteiger partial charge >= 0.3 is 5.97 Å². The van der Waals surface area contributed by atoms with Crippen molar-refractivity contribution in [3.05, 3.63) is 54.1 Å². The Hall–Kier alpha value is -3.02. The molecule has 138 valence electrons. The van der Waals surface area contributed by atoms with Gasteiger partial charge in [0.05, 0.1) is 18.3 Å². The highest BCUT2D eigenvalue weighted by molar-refractivity contribution is 6.06. The van der Waals surface area contributed by atoms with Gasteiger partial charge in [0.1, 0.15) is 11.5 Å². The van der Waals surface area contributed by atoms with E-state index in [2.05, 4.69) is 5.32 Å². The van der Waals surface area contributed by atoms with Gasteiger partial charge in [0.2, 0.25) is 0 Å². The van der Waals surface area contributed by atoms with E-state index in [1.165, 1.54) is 0 Å². The standard InChI is InChI=1S/C20H23NO5/c1-14(2)26-18-7-4-3-6-17(18)20(24)21-15-9-11-16(12-10-15)25-13-5-8-19(22)23/h3-4,6-7,9-12,14H,5,8,13H2,1-2H3,(H,21,24)(H,22,23). The number of amides is 1. The third-order valence-corrected chi connectivity index (χ3v) is 3.41. The van der Waals surface area contributed by atoms with Gasteiger partial charge in [-0.25, -0.2) is 0 Å². The molecule has 2 N–H and O–H groups in total. The van der Waals surface area contributed by atoms with E-state index in [0.29, 0.717) is 35.8 Å². The summed E-state index contributed by atoms with van der Waals surface area (Å²) in [6.07, 6.45) is 0.494. The molecule has 0 aliphatic rings. The van der Waals surface area contributed by atoms with Crippen molar-refractivity contribution >= 4 is 17.6 Å². The Kier molecular flexibility index (Phi) is 7.02. The molecule has 6 heteroatoms. The Morgan fingerprint density at radius 1 is 1.08 bits per heavy atom. The van der Waals surface area contributed by atoms with E-state index >= 15 is 0 Å². The zero-order valence-electron chi connectivity index (χ0n) is 14.9. The Labute approximate surface area is 152 Å². The lowest BCUT2D eigenvalue weighted by Crippen LogP contribution is -2.15. The lowest BCUT2D eigenvalue weighted by molar-refractivity contribution is -0.137. The van der Waals surface area contributed by atoms with Gasteiger partial charge in [0.25, 0.3) is 5.91 Å². The topological polar surface area (TPSA) is 84.9 Å². The number of hydrogen-bond donors (Lipinski definition) is 2. The Balaban J connectivity index is 1.94. The first-order chi connectivity index (χ1) is 12.5. The first kappa shape index (κ1) is 19.3. The molecule has 0 radical (unpaired) electrons. The van der Waals surface area contributed by atoms with Crippen molar-refractivity contribution in [2.45, 2.75) is 32.8 Å². The molecular weight excluding hydrogens is 334 g/mol.